The molecule has 0 fully saturated rings. The molecule has 3 aromatic rings. The van der Waals surface area contributed by atoms with Crippen molar-refractivity contribution in [2.75, 3.05) is 0 Å². The molecule has 0 saturated carbocycles. The average molecular weight is 291 g/mol. The van der Waals surface area contributed by atoms with E-state index in [1.54, 1.807) is 0 Å². The molecular formula is C15H12Cl2Si. The van der Waals surface area contributed by atoms with E-state index in [0.717, 1.165) is 6.04 Å². The Kier molecular flexibility index (Phi) is 3.29. The van der Waals surface area contributed by atoms with Gasteiger partial charge in [-0.2, -0.15) is 0 Å². The zero-order valence-corrected chi connectivity index (χ0v) is 12.4. The summed E-state index contributed by atoms with van der Waals surface area (Å²) >= 11 is 12.1. The predicted molar refractivity (Wildman–Crippen MR) is 84.0 cm³/mol. The molecule has 0 radical (unpaired) electrons. The van der Waals surface area contributed by atoms with Gasteiger partial charge in [-0.15, -0.1) is 22.2 Å². The van der Waals surface area contributed by atoms with Crippen molar-refractivity contribution in [2.24, 2.45) is 0 Å². The molecule has 3 heteroatoms. The fourth-order valence-electron chi connectivity index (χ4n) is 2.45. The number of fused-ring (bicyclic) bond motifs is 3. The minimum Gasteiger partial charge on any atom is -0.150 e. The van der Waals surface area contributed by atoms with Gasteiger partial charge < -0.3 is 0 Å². The van der Waals surface area contributed by atoms with Gasteiger partial charge in [-0.05, 0) is 33.2 Å². The first kappa shape index (κ1) is 12.0. The number of hydrogen-bond acceptors (Lipinski definition) is 0. The maximum Gasteiger partial charge on any atom is 0.241 e. The first-order valence-corrected chi connectivity index (χ1v) is 10.2. The molecule has 0 heterocycles. The molecular weight excluding hydrogens is 279 g/mol. The van der Waals surface area contributed by atoms with Gasteiger partial charge in [0.2, 0.25) is 7.42 Å². The maximum absolute atomic E-state index is 6.04. The van der Waals surface area contributed by atoms with Crippen molar-refractivity contribution >= 4 is 51.1 Å². The van der Waals surface area contributed by atoms with Gasteiger partial charge in [0.1, 0.15) is 0 Å². The summed E-state index contributed by atoms with van der Waals surface area (Å²) in [4.78, 5) is 0. The van der Waals surface area contributed by atoms with Gasteiger partial charge in [0.05, 0.1) is 0 Å². The average Bonchev–Trinajstić information content (AvgIpc) is 2.38. The molecule has 18 heavy (non-hydrogen) atoms. The molecule has 0 N–H and O–H groups in total. The highest BCUT2D eigenvalue weighted by atomic mass is 35.7. The lowest BCUT2D eigenvalue weighted by Crippen LogP contribution is -2.00. The van der Waals surface area contributed by atoms with Crippen LogP contribution in [0.25, 0.3) is 21.5 Å². The Morgan fingerprint density at radius 2 is 1.50 bits per heavy atom. The number of benzene rings is 3. The van der Waals surface area contributed by atoms with E-state index in [9.17, 15) is 0 Å². The van der Waals surface area contributed by atoms with Gasteiger partial charge in [-0.1, -0.05) is 54.6 Å². The van der Waals surface area contributed by atoms with Crippen molar-refractivity contribution in [3.8, 4) is 0 Å². The standard InChI is InChI=1S/C15H12Cl2Si/c16-18(17)10-12-5-3-7-15-13-6-2-1-4-11(13)8-9-14(12)15/h1-9,18H,10H2. The lowest BCUT2D eigenvalue weighted by Gasteiger charge is -2.09. The predicted octanol–water partition coefficient (Wildman–Crippen LogP) is 4.77. The van der Waals surface area contributed by atoms with Crippen molar-refractivity contribution in [3.63, 3.8) is 0 Å². The zero-order valence-electron chi connectivity index (χ0n) is 9.74. The van der Waals surface area contributed by atoms with Crippen molar-refractivity contribution in [2.45, 2.75) is 6.04 Å². The van der Waals surface area contributed by atoms with Crippen LogP contribution in [0.3, 0.4) is 0 Å². The van der Waals surface area contributed by atoms with Crippen molar-refractivity contribution in [1.29, 1.82) is 0 Å². The summed E-state index contributed by atoms with van der Waals surface area (Å²) in [5.74, 6) is 0. The monoisotopic (exact) mass is 290 g/mol. The molecule has 0 nitrogen and oxygen atoms in total. The van der Waals surface area contributed by atoms with E-state index in [2.05, 4.69) is 54.6 Å². The molecule has 0 amide bonds. The minimum atomic E-state index is -1.62. The molecule has 0 aromatic heterocycles. The number of rotatable bonds is 2. The summed E-state index contributed by atoms with van der Waals surface area (Å²) in [6.07, 6.45) is 0. The Hall–Kier alpha value is -1.02. The second kappa shape index (κ2) is 4.92. The summed E-state index contributed by atoms with van der Waals surface area (Å²) in [6, 6.07) is 20.0. The maximum atomic E-state index is 6.04. The summed E-state index contributed by atoms with van der Waals surface area (Å²) in [5, 5.41) is 5.12. The Balaban J connectivity index is 2.32. The Morgan fingerprint density at radius 3 is 2.33 bits per heavy atom. The quantitative estimate of drug-likeness (QED) is 0.362. The third kappa shape index (κ3) is 2.14. The molecule has 3 rings (SSSR count). The second-order valence-electron chi connectivity index (χ2n) is 4.39. The van der Waals surface area contributed by atoms with Gasteiger partial charge in [0.15, 0.2) is 0 Å². The van der Waals surface area contributed by atoms with Crippen LogP contribution in [0, 0.1) is 0 Å². The van der Waals surface area contributed by atoms with Crippen LogP contribution in [0.4, 0.5) is 0 Å². The van der Waals surface area contributed by atoms with Crippen LogP contribution < -0.4 is 0 Å². The van der Waals surface area contributed by atoms with Crippen LogP contribution in [-0.4, -0.2) is 7.42 Å². The van der Waals surface area contributed by atoms with Gasteiger partial charge in [-0.3, -0.25) is 0 Å². The molecule has 0 spiro atoms. The molecule has 0 saturated heterocycles. The topological polar surface area (TPSA) is 0 Å². The first-order valence-electron chi connectivity index (χ1n) is 5.93. The van der Waals surface area contributed by atoms with Gasteiger partial charge in [-0.25, -0.2) is 0 Å². The van der Waals surface area contributed by atoms with E-state index in [1.165, 1.54) is 27.1 Å². The summed E-state index contributed by atoms with van der Waals surface area (Å²) < 4.78 is 0. The van der Waals surface area contributed by atoms with Crippen LogP contribution in [0.2, 0.25) is 0 Å². The van der Waals surface area contributed by atoms with Crippen molar-refractivity contribution in [3.05, 3.63) is 60.2 Å². The van der Waals surface area contributed by atoms with E-state index in [-0.39, 0.29) is 0 Å². The van der Waals surface area contributed by atoms with Crippen LogP contribution in [0.5, 0.6) is 0 Å². The van der Waals surface area contributed by atoms with E-state index < -0.39 is 7.42 Å². The molecule has 90 valence electrons. The Morgan fingerprint density at radius 1 is 0.722 bits per heavy atom. The molecule has 0 bridgehead atoms. The van der Waals surface area contributed by atoms with E-state index in [4.69, 9.17) is 22.2 Å². The fraction of sp³-hybridized carbons (Fsp3) is 0.0667. The van der Waals surface area contributed by atoms with Crippen LogP contribution in [-0.2, 0) is 6.04 Å². The molecule has 0 aliphatic rings. The highest BCUT2D eigenvalue weighted by molar-refractivity contribution is 7.33. The largest absolute Gasteiger partial charge is 0.241 e. The normalized spacial score (nSPS) is 11.5. The third-order valence-corrected chi connectivity index (χ3v) is 4.93. The minimum absolute atomic E-state index is 0.818. The Bertz CT molecular complexity index is 707. The molecule has 0 aliphatic heterocycles. The SMILES string of the molecule is Cl[SiH](Cl)Cc1cccc2c1ccc1ccccc12. The van der Waals surface area contributed by atoms with Crippen molar-refractivity contribution < 1.29 is 0 Å². The third-order valence-electron chi connectivity index (χ3n) is 3.25. The van der Waals surface area contributed by atoms with E-state index >= 15 is 0 Å². The zero-order chi connectivity index (χ0) is 12.5. The smallest absolute Gasteiger partial charge is 0.150 e. The van der Waals surface area contributed by atoms with Gasteiger partial charge in [0.25, 0.3) is 0 Å². The van der Waals surface area contributed by atoms with Crippen molar-refractivity contribution in [1.82, 2.24) is 0 Å². The Labute approximate surface area is 117 Å². The molecule has 0 unspecified atom stereocenters. The van der Waals surface area contributed by atoms with E-state index in [1.807, 2.05) is 0 Å². The first-order chi connectivity index (χ1) is 8.75. The lowest BCUT2D eigenvalue weighted by atomic mass is 9.99. The highest BCUT2D eigenvalue weighted by Gasteiger charge is 2.08. The van der Waals surface area contributed by atoms with Crippen LogP contribution in [0.15, 0.2) is 54.6 Å². The van der Waals surface area contributed by atoms with E-state index in [0.29, 0.717) is 0 Å². The highest BCUT2D eigenvalue weighted by Crippen LogP contribution is 2.28. The summed E-state index contributed by atoms with van der Waals surface area (Å²) in [7, 11) is -1.62. The summed E-state index contributed by atoms with van der Waals surface area (Å²) in [6.45, 7) is 0. The summed E-state index contributed by atoms with van der Waals surface area (Å²) in [5.41, 5.74) is 1.26. The van der Waals surface area contributed by atoms with Gasteiger partial charge in [0, 0.05) is 0 Å². The molecule has 3 aromatic carbocycles. The number of hydrogen-bond donors (Lipinski definition) is 0. The second-order valence-corrected chi connectivity index (χ2v) is 9.42. The van der Waals surface area contributed by atoms with Crippen LogP contribution in [0.1, 0.15) is 5.56 Å². The molecule has 0 aliphatic carbocycles. The lowest BCUT2D eigenvalue weighted by molar-refractivity contribution is 1.44. The van der Waals surface area contributed by atoms with Crippen LogP contribution >= 0.6 is 22.2 Å². The molecule has 0 atom stereocenters. The number of halogens is 2. The fourth-order valence-corrected chi connectivity index (χ4v) is 4.14. The van der Waals surface area contributed by atoms with Gasteiger partial charge >= 0.3 is 0 Å².